The molecule has 0 bridgehead atoms. The maximum Gasteiger partial charge on any atom is 0.122 e. The highest BCUT2D eigenvalue weighted by Crippen LogP contribution is 2.25. The summed E-state index contributed by atoms with van der Waals surface area (Å²) >= 11 is 6.09. The molecule has 0 saturated heterocycles. The molecule has 0 saturated carbocycles. The molecule has 0 aliphatic carbocycles. The summed E-state index contributed by atoms with van der Waals surface area (Å²) in [5.41, 5.74) is 2.43. The van der Waals surface area contributed by atoms with E-state index in [9.17, 15) is 0 Å². The van der Waals surface area contributed by atoms with Crippen LogP contribution >= 0.6 is 11.6 Å². The summed E-state index contributed by atoms with van der Waals surface area (Å²) in [6.45, 7) is 7.37. The van der Waals surface area contributed by atoms with Crippen molar-refractivity contribution in [1.82, 2.24) is 9.88 Å². The van der Waals surface area contributed by atoms with Crippen molar-refractivity contribution in [2.45, 2.75) is 33.5 Å². The van der Waals surface area contributed by atoms with Crippen LogP contribution in [0.5, 0.6) is 0 Å². The lowest BCUT2D eigenvalue weighted by atomic mass is 10.2. The molecule has 4 heteroatoms. The van der Waals surface area contributed by atoms with Crippen LogP contribution in [-0.4, -0.2) is 17.7 Å². The number of fused-ring (bicyclic) bond motifs is 1. The Morgan fingerprint density at radius 1 is 1.32 bits per heavy atom. The predicted octanol–water partition coefficient (Wildman–Crippen LogP) is 3.79. The third-order valence-corrected chi connectivity index (χ3v) is 3.34. The molecule has 0 spiro atoms. The Kier molecular flexibility index (Phi) is 5.25. The van der Waals surface area contributed by atoms with Gasteiger partial charge in [-0.05, 0) is 37.6 Å². The smallest absolute Gasteiger partial charge is 0.122 e. The second-order valence-electron chi connectivity index (χ2n) is 4.58. The van der Waals surface area contributed by atoms with Crippen molar-refractivity contribution < 1.29 is 4.74 Å². The van der Waals surface area contributed by atoms with Crippen LogP contribution in [0, 0.1) is 0 Å². The molecule has 0 atom stereocenters. The van der Waals surface area contributed by atoms with Gasteiger partial charge in [-0.15, -0.1) is 0 Å². The summed E-state index contributed by atoms with van der Waals surface area (Å²) in [5, 5.41) is 5.44. The van der Waals surface area contributed by atoms with Gasteiger partial charge in [0.25, 0.3) is 0 Å². The SMILES string of the molecule is CCCNCc1cn(COCC)c2cc(Cl)ccc12. The fraction of sp³-hybridized carbons (Fsp3) is 0.467. The Morgan fingerprint density at radius 3 is 2.89 bits per heavy atom. The second-order valence-corrected chi connectivity index (χ2v) is 5.02. The van der Waals surface area contributed by atoms with Crippen molar-refractivity contribution >= 4 is 22.5 Å². The van der Waals surface area contributed by atoms with Gasteiger partial charge in [0.1, 0.15) is 6.73 Å². The van der Waals surface area contributed by atoms with Gasteiger partial charge in [0.15, 0.2) is 0 Å². The number of ether oxygens (including phenoxy) is 1. The van der Waals surface area contributed by atoms with Crippen LogP contribution in [0.1, 0.15) is 25.8 Å². The average molecular weight is 281 g/mol. The number of aromatic nitrogens is 1. The fourth-order valence-corrected chi connectivity index (χ4v) is 2.34. The highest BCUT2D eigenvalue weighted by atomic mass is 35.5. The molecular formula is C15H21ClN2O. The summed E-state index contributed by atoms with van der Waals surface area (Å²) < 4.78 is 7.62. The van der Waals surface area contributed by atoms with Crippen LogP contribution in [0.2, 0.25) is 5.02 Å². The van der Waals surface area contributed by atoms with Crippen molar-refractivity contribution in [2.24, 2.45) is 0 Å². The largest absolute Gasteiger partial charge is 0.361 e. The molecule has 1 aromatic heterocycles. The van der Waals surface area contributed by atoms with Crippen LogP contribution in [-0.2, 0) is 18.0 Å². The van der Waals surface area contributed by atoms with E-state index in [-0.39, 0.29) is 0 Å². The van der Waals surface area contributed by atoms with Crippen molar-refractivity contribution in [2.75, 3.05) is 13.2 Å². The third-order valence-electron chi connectivity index (χ3n) is 3.10. The van der Waals surface area contributed by atoms with Gasteiger partial charge in [0.05, 0.1) is 5.52 Å². The number of hydrogen-bond donors (Lipinski definition) is 1. The quantitative estimate of drug-likeness (QED) is 0.781. The standard InChI is InChI=1S/C15H21ClN2O/c1-3-7-17-9-12-10-18(11-19-4-2)15-8-13(16)5-6-14(12)15/h5-6,8,10,17H,3-4,7,9,11H2,1-2H3. The van der Waals surface area contributed by atoms with E-state index < -0.39 is 0 Å². The molecule has 0 unspecified atom stereocenters. The third kappa shape index (κ3) is 3.50. The van der Waals surface area contributed by atoms with Crippen LogP contribution in [0.3, 0.4) is 0 Å². The summed E-state index contributed by atoms with van der Waals surface area (Å²) in [5.74, 6) is 0. The maximum absolute atomic E-state index is 6.09. The molecule has 0 radical (unpaired) electrons. The Bertz CT molecular complexity index is 536. The molecule has 0 amide bonds. The number of halogens is 1. The lowest BCUT2D eigenvalue weighted by Gasteiger charge is -2.04. The predicted molar refractivity (Wildman–Crippen MR) is 80.6 cm³/mol. The van der Waals surface area contributed by atoms with Gasteiger partial charge in [-0.2, -0.15) is 0 Å². The summed E-state index contributed by atoms with van der Waals surface area (Å²) in [7, 11) is 0. The van der Waals surface area contributed by atoms with E-state index in [4.69, 9.17) is 16.3 Å². The first-order valence-electron chi connectivity index (χ1n) is 6.82. The van der Waals surface area contributed by atoms with Crippen molar-refractivity contribution in [3.05, 3.63) is 35.0 Å². The van der Waals surface area contributed by atoms with Crippen molar-refractivity contribution in [3.8, 4) is 0 Å². The van der Waals surface area contributed by atoms with Gasteiger partial charge in [-0.3, -0.25) is 0 Å². The first-order chi connectivity index (χ1) is 9.26. The maximum atomic E-state index is 6.09. The normalized spacial score (nSPS) is 11.3. The number of hydrogen-bond acceptors (Lipinski definition) is 2. The topological polar surface area (TPSA) is 26.2 Å². The van der Waals surface area contributed by atoms with E-state index >= 15 is 0 Å². The first kappa shape index (κ1) is 14.4. The Hall–Kier alpha value is -1.03. The summed E-state index contributed by atoms with van der Waals surface area (Å²) in [6, 6.07) is 6.03. The molecule has 2 rings (SSSR count). The molecule has 0 aliphatic rings. The van der Waals surface area contributed by atoms with Gasteiger partial charge >= 0.3 is 0 Å². The van der Waals surface area contributed by atoms with E-state index in [1.165, 1.54) is 10.9 Å². The summed E-state index contributed by atoms with van der Waals surface area (Å²) in [4.78, 5) is 0. The van der Waals surface area contributed by atoms with E-state index in [1.54, 1.807) is 0 Å². The van der Waals surface area contributed by atoms with Crippen molar-refractivity contribution in [1.29, 1.82) is 0 Å². The average Bonchev–Trinajstić information content (AvgIpc) is 2.74. The zero-order chi connectivity index (χ0) is 13.7. The first-order valence-corrected chi connectivity index (χ1v) is 7.19. The zero-order valence-electron chi connectivity index (χ0n) is 11.6. The van der Waals surface area contributed by atoms with E-state index in [2.05, 4.69) is 29.1 Å². The molecule has 1 heterocycles. The monoisotopic (exact) mass is 280 g/mol. The van der Waals surface area contributed by atoms with Crippen molar-refractivity contribution in [3.63, 3.8) is 0 Å². The summed E-state index contributed by atoms with van der Waals surface area (Å²) in [6.07, 6.45) is 3.29. The van der Waals surface area contributed by atoms with E-state index in [1.807, 2.05) is 19.1 Å². The minimum atomic E-state index is 0.571. The molecule has 2 aromatic rings. The minimum Gasteiger partial charge on any atom is -0.361 e. The van der Waals surface area contributed by atoms with E-state index in [0.29, 0.717) is 13.3 Å². The Balaban J connectivity index is 2.29. The lowest BCUT2D eigenvalue weighted by molar-refractivity contribution is 0.0908. The molecule has 1 N–H and O–H groups in total. The number of rotatable bonds is 7. The molecule has 104 valence electrons. The highest BCUT2D eigenvalue weighted by molar-refractivity contribution is 6.31. The van der Waals surface area contributed by atoms with Gasteiger partial charge in [0, 0.05) is 29.8 Å². The van der Waals surface area contributed by atoms with Gasteiger partial charge in [0.2, 0.25) is 0 Å². The molecule has 19 heavy (non-hydrogen) atoms. The van der Waals surface area contributed by atoms with Gasteiger partial charge < -0.3 is 14.6 Å². The molecular weight excluding hydrogens is 260 g/mol. The molecule has 3 nitrogen and oxygen atoms in total. The zero-order valence-corrected chi connectivity index (χ0v) is 12.3. The molecule has 1 aromatic carbocycles. The lowest BCUT2D eigenvalue weighted by Crippen LogP contribution is -2.13. The van der Waals surface area contributed by atoms with Gasteiger partial charge in [-0.1, -0.05) is 24.6 Å². The van der Waals surface area contributed by atoms with Crippen LogP contribution in [0.15, 0.2) is 24.4 Å². The van der Waals surface area contributed by atoms with Crippen LogP contribution < -0.4 is 5.32 Å². The second kappa shape index (κ2) is 6.94. The van der Waals surface area contributed by atoms with Crippen LogP contribution in [0.25, 0.3) is 10.9 Å². The van der Waals surface area contributed by atoms with E-state index in [0.717, 1.165) is 30.0 Å². The number of benzene rings is 1. The van der Waals surface area contributed by atoms with Crippen LogP contribution in [0.4, 0.5) is 0 Å². The molecule has 0 fully saturated rings. The van der Waals surface area contributed by atoms with Gasteiger partial charge in [-0.25, -0.2) is 0 Å². The number of nitrogens with one attached hydrogen (secondary N) is 1. The Labute approximate surface area is 119 Å². The highest BCUT2D eigenvalue weighted by Gasteiger charge is 2.08. The fourth-order valence-electron chi connectivity index (χ4n) is 2.18. The molecule has 0 aliphatic heterocycles. The Morgan fingerprint density at radius 2 is 2.16 bits per heavy atom. The number of nitrogens with zero attached hydrogens (tertiary/aromatic N) is 1. The minimum absolute atomic E-state index is 0.571.